The van der Waals surface area contributed by atoms with Crippen molar-refractivity contribution in [2.75, 3.05) is 23.8 Å². The minimum Gasteiger partial charge on any atom is -0.490 e. The summed E-state index contributed by atoms with van der Waals surface area (Å²) in [5, 5.41) is 15.8. The van der Waals surface area contributed by atoms with Crippen LogP contribution in [0.25, 0.3) is 6.08 Å². The molecule has 0 heterocycles. The predicted octanol–water partition coefficient (Wildman–Crippen LogP) is 6.52. The average Bonchev–Trinajstić information content (AvgIpc) is 2.86. The van der Waals surface area contributed by atoms with Gasteiger partial charge in [0.05, 0.1) is 10.2 Å². The minimum absolute atomic E-state index is 0.0600. The van der Waals surface area contributed by atoms with Crippen molar-refractivity contribution >= 4 is 63.5 Å². The number of aryl methyl sites for hydroxylation is 1. The molecule has 3 aromatic carbocycles. The SMILES string of the molecule is CCOc1cc(/C=C(\C#N)C(=O)Nc2cccc(C)c2C)cc(I)c1OCC(=O)Nc1ccc(Cl)cc1. The average molecular weight is 630 g/mol. The third-order valence-electron chi connectivity index (χ3n) is 5.34. The van der Waals surface area contributed by atoms with E-state index < -0.39 is 5.91 Å². The van der Waals surface area contributed by atoms with Crippen LogP contribution in [0.5, 0.6) is 11.5 Å². The van der Waals surface area contributed by atoms with E-state index in [1.807, 2.05) is 39.0 Å². The summed E-state index contributed by atoms with van der Waals surface area (Å²) in [4.78, 5) is 25.2. The van der Waals surface area contributed by atoms with Gasteiger partial charge in [-0.05, 0) is 109 Å². The molecule has 0 bridgehead atoms. The molecule has 0 saturated heterocycles. The van der Waals surface area contributed by atoms with Crippen LogP contribution in [-0.2, 0) is 9.59 Å². The van der Waals surface area contributed by atoms with Gasteiger partial charge in [-0.1, -0.05) is 23.7 Å². The molecule has 0 unspecified atom stereocenters. The van der Waals surface area contributed by atoms with Crippen molar-refractivity contribution in [1.29, 1.82) is 5.26 Å². The van der Waals surface area contributed by atoms with E-state index in [0.717, 1.165) is 11.1 Å². The monoisotopic (exact) mass is 629 g/mol. The van der Waals surface area contributed by atoms with Crippen molar-refractivity contribution in [2.24, 2.45) is 0 Å². The summed E-state index contributed by atoms with van der Waals surface area (Å²) in [5.74, 6) is -0.0702. The molecule has 0 aromatic heterocycles. The number of rotatable bonds is 9. The fraction of sp³-hybridized carbons (Fsp3) is 0.179. The first-order valence-electron chi connectivity index (χ1n) is 11.4. The van der Waals surface area contributed by atoms with Crippen LogP contribution in [-0.4, -0.2) is 25.0 Å². The molecule has 0 spiro atoms. The lowest BCUT2D eigenvalue weighted by molar-refractivity contribution is -0.118. The number of halogens is 2. The zero-order valence-corrected chi connectivity index (χ0v) is 23.4. The van der Waals surface area contributed by atoms with Crippen LogP contribution < -0.4 is 20.1 Å². The topological polar surface area (TPSA) is 100 Å². The van der Waals surface area contributed by atoms with Gasteiger partial charge in [-0.15, -0.1) is 0 Å². The van der Waals surface area contributed by atoms with Gasteiger partial charge in [0, 0.05) is 16.4 Å². The highest BCUT2D eigenvalue weighted by Crippen LogP contribution is 2.35. The molecule has 37 heavy (non-hydrogen) atoms. The van der Waals surface area contributed by atoms with Gasteiger partial charge in [0.1, 0.15) is 11.6 Å². The van der Waals surface area contributed by atoms with Gasteiger partial charge in [-0.2, -0.15) is 5.26 Å². The Hall–Kier alpha value is -3.55. The summed E-state index contributed by atoms with van der Waals surface area (Å²) in [6.07, 6.45) is 1.49. The van der Waals surface area contributed by atoms with E-state index in [-0.39, 0.29) is 18.1 Å². The van der Waals surface area contributed by atoms with Crippen LogP contribution in [0.1, 0.15) is 23.6 Å². The summed E-state index contributed by atoms with van der Waals surface area (Å²) in [7, 11) is 0. The number of ether oxygens (including phenoxy) is 2. The minimum atomic E-state index is -0.511. The fourth-order valence-electron chi connectivity index (χ4n) is 3.33. The van der Waals surface area contributed by atoms with E-state index in [1.54, 1.807) is 42.5 Å². The summed E-state index contributed by atoms with van der Waals surface area (Å²) in [6, 6.07) is 17.7. The molecule has 9 heteroatoms. The predicted molar refractivity (Wildman–Crippen MR) is 154 cm³/mol. The van der Waals surface area contributed by atoms with Crippen molar-refractivity contribution in [2.45, 2.75) is 20.8 Å². The Morgan fingerprint density at radius 3 is 2.49 bits per heavy atom. The number of hydrogen-bond donors (Lipinski definition) is 2. The maximum Gasteiger partial charge on any atom is 0.266 e. The quantitative estimate of drug-likeness (QED) is 0.159. The van der Waals surface area contributed by atoms with Gasteiger partial charge >= 0.3 is 0 Å². The third kappa shape index (κ3) is 7.71. The number of amides is 2. The highest BCUT2D eigenvalue weighted by molar-refractivity contribution is 14.1. The number of hydrogen-bond acceptors (Lipinski definition) is 5. The lowest BCUT2D eigenvalue weighted by Crippen LogP contribution is -2.20. The molecule has 7 nitrogen and oxygen atoms in total. The lowest BCUT2D eigenvalue weighted by atomic mass is 10.1. The fourth-order valence-corrected chi connectivity index (χ4v) is 4.24. The Kier molecular flexibility index (Phi) is 9.94. The maximum atomic E-state index is 12.8. The number of benzene rings is 3. The second-order valence-corrected chi connectivity index (χ2v) is 9.58. The molecule has 0 radical (unpaired) electrons. The molecule has 0 aliphatic heterocycles. The Labute approximate surface area is 234 Å². The number of nitriles is 1. The van der Waals surface area contributed by atoms with Gasteiger partial charge in [0.2, 0.25) is 0 Å². The smallest absolute Gasteiger partial charge is 0.266 e. The second-order valence-electron chi connectivity index (χ2n) is 7.98. The lowest BCUT2D eigenvalue weighted by Gasteiger charge is -2.15. The molecule has 190 valence electrons. The molecular weight excluding hydrogens is 605 g/mol. The zero-order valence-electron chi connectivity index (χ0n) is 20.5. The van der Waals surface area contributed by atoms with Gasteiger partial charge in [-0.3, -0.25) is 9.59 Å². The normalized spacial score (nSPS) is 10.9. The van der Waals surface area contributed by atoms with E-state index in [9.17, 15) is 14.9 Å². The van der Waals surface area contributed by atoms with E-state index in [2.05, 4.69) is 33.2 Å². The Bertz CT molecular complexity index is 1380. The Morgan fingerprint density at radius 2 is 1.81 bits per heavy atom. The van der Waals surface area contributed by atoms with Crippen LogP contribution in [0.3, 0.4) is 0 Å². The first kappa shape index (κ1) is 28.0. The Morgan fingerprint density at radius 1 is 1.08 bits per heavy atom. The third-order valence-corrected chi connectivity index (χ3v) is 6.39. The van der Waals surface area contributed by atoms with Gasteiger partial charge in [0.25, 0.3) is 11.8 Å². The molecular formula is C28H25ClIN3O4. The van der Waals surface area contributed by atoms with Crippen molar-refractivity contribution in [3.8, 4) is 17.6 Å². The highest BCUT2D eigenvalue weighted by atomic mass is 127. The van der Waals surface area contributed by atoms with Gasteiger partial charge in [0.15, 0.2) is 18.1 Å². The van der Waals surface area contributed by atoms with E-state index in [1.165, 1.54) is 6.08 Å². The van der Waals surface area contributed by atoms with E-state index >= 15 is 0 Å². The number of anilines is 2. The van der Waals surface area contributed by atoms with Crippen molar-refractivity contribution in [1.82, 2.24) is 0 Å². The van der Waals surface area contributed by atoms with Crippen molar-refractivity contribution in [3.63, 3.8) is 0 Å². The van der Waals surface area contributed by atoms with E-state index in [4.69, 9.17) is 21.1 Å². The Balaban J connectivity index is 1.78. The molecule has 2 N–H and O–H groups in total. The van der Waals surface area contributed by atoms with Crippen molar-refractivity contribution in [3.05, 3.63) is 85.5 Å². The van der Waals surface area contributed by atoms with Crippen LogP contribution in [0.15, 0.2) is 60.2 Å². The maximum absolute atomic E-state index is 12.8. The zero-order chi connectivity index (χ0) is 26.9. The van der Waals surface area contributed by atoms with Gasteiger partial charge < -0.3 is 20.1 Å². The van der Waals surface area contributed by atoms with Crippen molar-refractivity contribution < 1.29 is 19.1 Å². The van der Waals surface area contributed by atoms with Gasteiger partial charge in [-0.25, -0.2) is 0 Å². The summed E-state index contributed by atoms with van der Waals surface area (Å²) in [5.41, 5.74) is 3.74. The second kappa shape index (κ2) is 13.1. The van der Waals surface area contributed by atoms with Crippen LogP contribution in [0.4, 0.5) is 11.4 Å². The molecule has 3 rings (SSSR count). The molecule has 3 aromatic rings. The molecule has 0 saturated carbocycles. The number of nitrogens with one attached hydrogen (secondary N) is 2. The summed E-state index contributed by atoms with van der Waals surface area (Å²) >= 11 is 7.94. The van der Waals surface area contributed by atoms with E-state index in [0.29, 0.717) is 43.6 Å². The summed E-state index contributed by atoms with van der Waals surface area (Å²) in [6.45, 7) is 5.80. The van der Waals surface area contributed by atoms with Crippen LogP contribution >= 0.6 is 34.2 Å². The standard InChI is InChI=1S/C28H25ClIN3O4/c1-4-36-25-14-19(12-20(15-31)28(35)33-24-7-5-6-17(2)18(24)3)13-23(30)27(25)37-16-26(34)32-22-10-8-21(29)9-11-22/h5-14H,4,16H2,1-3H3,(H,32,34)(H,33,35)/b20-12+. The first-order valence-corrected chi connectivity index (χ1v) is 12.8. The largest absolute Gasteiger partial charge is 0.490 e. The van der Waals surface area contributed by atoms with Crippen LogP contribution in [0, 0.1) is 28.7 Å². The number of nitrogens with zero attached hydrogens (tertiary/aromatic N) is 1. The first-order chi connectivity index (χ1) is 17.7. The molecule has 0 aliphatic carbocycles. The highest BCUT2D eigenvalue weighted by Gasteiger charge is 2.16. The molecule has 2 amide bonds. The van der Waals surface area contributed by atoms with Crippen LogP contribution in [0.2, 0.25) is 5.02 Å². The molecule has 0 aliphatic rings. The molecule has 0 fully saturated rings. The number of carbonyl (C=O) groups excluding carboxylic acids is 2. The summed E-state index contributed by atoms with van der Waals surface area (Å²) < 4.78 is 12.2. The number of carbonyl (C=O) groups is 2. The molecule has 0 atom stereocenters.